The number of ether oxygens (including phenoxy) is 1. The maximum Gasteiger partial charge on any atom is 0.309 e. The van der Waals surface area contributed by atoms with E-state index in [9.17, 15) is 4.79 Å². The van der Waals surface area contributed by atoms with E-state index in [2.05, 4.69) is 0 Å². The average Bonchev–Trinajstić information content (AvgIpc) is 2.47. The van der Waals surface area contributed by atoms with Gasteiger partial charge in [0.2, 0.25) is 0 Å². The first-order valence-electron chi connectivity index (χ1n) is 3.98. The lowest BCUT2D eigenvalue weighted by atomic mass is 9.88. The highest BCUT2D eigenvalue weighted by Crippen LogP contribution is 2.31. The average molecular weight is 166 g/mol. The number of aliphatic carboxylic acids is 1. The number of allylic oxidation sites excluding steroid dienone is 2. The van der Waals surface area contributed by atoms with E-state index in [1.165, 1.54) is 0 Å². The van der Waals surface area contributed by atoms with Gasteiger partial charge in [-0.25, -0.2) is 0 Å². The molecule has 1 N–H and O–H groups in total. The van der Waals surface area contributed by atoms with Gasteiger partial charge in [0, 0.05) is 5.92 Å². The Labute approximate surface area is 70.3 Å². The smallest absolute Gasteiger partial charge is 0.309 e. The standard InChI is InChI=1S/C9H10O3/c10-9(11)7-5-12-8-4-2-1-3-6(7)8/h1-4,6-8H,5H2,(H,10,11). The first-order valence-corrected chi connectivity index (χ1v) is 3.98. The summed E-state index contributed by atoms with van der Waals surface area (Å²) < 4.78 is 5.31. The van der Waals surface area contributed by atoms with Gasteiger partial charge in [0.05, 0.1) is 18.6 Å². The Kier molecular flexibility index (Phi) is 1.73. The van der Waals surface area contributed by atoms with Crippen molar-refractivity contribution in [3.8, 4) is 0 Å². The van der Waals surface area contributed by atoms with Crippen molar-refractivity contribution >= 4 is 5.97 Å². The fourth-order valence-electron chi connectivity index (χ4n) is 1.70. The van der Waals surface area contributed by atoms with E-state index >= 15 is 0 Å². The third kappa shape index (κ3) is 1.06. The normalized spacial score (nSPS) is 38.2. The molecule has 0 amide bonds. The van der Waals surface area contributed by atoms with Gasteiger partial charge in [-0.1, -0.05) is 24.3 Å². The minimum Gasteiger partial charge on any atom is -0.481 e. The fourth-order valence-corrected chi connectivity index (χ4v) is 1.70. The summed E-state index contributed by atoms with van der Waals surface area (Å²) in [6.45, 7) is 0.333. The van der Waals surface area contributed by atoms with Crippen molar-refractivity contribution in [1.82, 2.24) is 0 Å². The second-order valence-electron chi connectivity index (χ2n) is 3.09. The van der Waals surface area contributed by atoms with Gasteiger partial charge < -0.3 is 9.84 Å². The maximum atomic E-state index is 10.7. The van der Waals surface area contributed by atoms with E-state index < -0.39 is 5.97 Å². The molecule has 0 radical (unpaired) electrons. The van der Waals surface area contributed by atoms with Gasteiger partial charge in [0.25, 0.3) is 0 Å². The highest BCUT2D eigenvalue weighted by atomic mass is 16.5. The number of carbonyl (C=O) groups is 1. The van der Waals surface area contributed by atoms with Crippen LogP contribution in [0.2, 0.25) is 0 Å². The van der Waals surface area contributed by atoms with E-state index in [-0.39, 0.29) is 17.9 Å². The Morgan fingerprint density at radius 1 is 1.42 bits per heavy atom. The molecular formula is C9H10O3. The van der Waals surface area contributed by atoms with Crippen molar-refractivity contribution in [2.75, 3.05) is 6.61 Å². The van der Waals surface area contributed by atoms with Crippen LogP contribution >= 0.6 is 0 Å². The van der Waals surface area contributed by atoms with Crippen LogP contribution in [0.4, 0.5) is 0 Å². The predicted octanol–water partition coefficient (Wildman–Crippen LogP) is 0.828. The Morgan fingerprint density at radius 2 is 2.17 bits per heavy atom. The number of carboxylic acid groups (broad SMARTS) is 1. The number of fused-ring (bicyclic) bond motifs is 1. The first-order chi connectivity index (χ1) is 5.79. The number of carboxylic acids is 1. The van der Waals surface area contributed by atoms with Gasteiger partial charge >= 0.3 is 5.97 Å². The molecule has 0 spiro atoms. The zero-order valence-electron chi connectivity index (χ0n) is 6.51. The molecule has 64 valence electrons. The molecule has 1 aliphatic carbocycles. The largest absolute Gasteiger partial charge is 0.481 e. The Bertz CT molecular complexity index is 254. The van der Waals surface area contributed by atoms with E-state index in [0.717, 1.165) is 0 Å². The first kappa shape index (κ1) is 7.55. The molecular weight excluding hydrogens is 156 g/mol. The van der Waals surface area contributed by atoms with E-state index in [1.54, 1.807) is 0 Å². The van der Waals surface area contributed by atoms with Crippen LogP contribution in [0.15, 0.2) is 24.3 Å². The molecule has 3 atom stereocenters. The van der Waals surface area contributed by atoms with Crippen molar-refractivity contribution in [3.05, 3.63) is 24.3 Å². The summed E-state index contributed by atoms with van der Waals surface area (Å²) in [5.41, 5.74) is 0. The van der Waals surface area contributed by atoms with Crippen LogP contribution < -0.4 is 0 Å². The van der Waals surface area contributed by atoms with E-state index in [0.29, 0.717) is 6.61 Å². The van der Waals surface area contributed by atoms with E-state index in [4.69, 9.17) is 9.84 Å². The summed E-state index contributed by atoms with van der Waals surface area (Å²) in [5, 5.41) is 8.81. The molecule has 0 aromatic rings. The quantitative estimate of drug-likeness (QED) is 0.627. The lowest BCUT2D eigenvalue weighted by molar-refractivity contribution is -0.142. The molecule has 2 rings (SSSR count). The summed E-state index contributed by atoms with van der Waals surface area (Å²) in [4.78, 5) is 10.7. The Morgan fingerprint density at radius 3 is 2.92 bits per heavy atom. The molecule has 0 saturated carbocycles. The monoisotopic (exact) mass is 166 g/mol. The van der Waals surface area contributed by atoms with Crippen molar-refractivity contribution in [2.45, 2.75) is 6.10 Å². The number of hydrogen-bond acceptors (Lipinski definition) is 2. The second kappa shape index (κ2) is 2.75. The zero-order valence-corrected chi connectivity index (χ0v) is 6.51. The Hall–Kier alpha value is -1.09. The highest BCUT2D eigenvalue weighted by Gasteiger charge is 2.39. The van der Waals surface area contributed by atoms with Gasteiger partial charge in [-0.05, 0) is 0 Å². The van der Waals surface area contributed by atoms with Gasteiger partial charge in [-0.3, -0.25) is 4.79 Å². The van der Waals surface area contributed by atoms with Crippen LogP contribution in [0.1, 0.15) is 0 Å². The van der Waals surface area contributed by atoms with Crippen LogP contribution in [0.25, 0.3) is 0 Å². The minimum absolute atomic E-state index is 0.0175. The van der Waals surface area contributed by atoms with Gasteiger partial charge in [-0.2, -0.15) is 0 Å². The van der Waals surface area contributed by atoms with Crippen molar-refractivity contribution in [3.63, 3.8) is 0 Å². The summed E-state index contributed by atoms with van der Waals surface area (Å²) in [7, 11) is 0. The van der Waals surface area contributed by atoms with Crippen molar-refractivity contribution in [2.24, 2.45) is 11.8 Å². The summed E-state index contributed by atoms with van der Waals surface area (Å²) in [6, 6.07) is 0. The molecule has 3 heteroatoms. The van der Waals surface area contributed by atoms with Gasteiger partial charge in [0.15, 0.2) is 0 Å². The van der Waals surface area contributed by atoms with Crippen molar-refractivity contribution < 1.29 is 14.6 Å². The van der Waals surface area contributed by atoms with Crippen molar-refractivity contribution in [1.29, 1.82) is 0 Å². The SMILES string of the molecule is O=C(O)C1COC2C=CC=CC21. The molecule has 1 fully saturated rings. The molecule has 0 aromatic carbocycles. The topological polar surface area (TPSA) is 46.5 Å². The molecule has 2 aliphatic rings. The van der Waals surface area contributed by atoms with Crippen LogP contribution in [-0.2, 0) is 9.53 Å². The fraction of sp³-hybridized carbons (Fsp3) is 0.444. The summed E-state index contributed by atoms with van der Waals surface area (Å²) in [5.74, 6) is -1.09. The molecule has 3 unspecified atom stereocenters. The summed E-state index contributed by atoms with van der Waals surface area (Å²) >= 11 is 0. The summed E-state index contributed by atoms with van der Waals surface area (Å²) in [6.07, 6.45) is 7.58. The van der Waals surface area contributed by atoms with E-state index in [1.807, 2.05) is 24.3 Å². The second-order valence-corrected chi connectivity index (χ2v) is 3.09. The van der Waals surface area contributed by atoms with Crippen LogP contribution in [0, 0.1) is 11.8 Å². The van der Waals surface area contributed by atoms with Crippen LogP contribution in [0.5, 0.6) is 0 Å². The van der Waals surface area contributed by atoms with Gasteiger partial charge in [-0.15, -0.1) is 0 Å². The molecule has 1 saturated heterocycles. The lowest BCUT2D eigenvalue weighted by Gasteiger charge is -2.15. The molecule has 0 aromatic heterocycles. The highest BCUT2D eigenvalue weighted by molar-refractivity contribution is 5.71. The predicted molar refractivity (Wildman–Crippen MR) is 42.6 cm³/mol. The van der Waals surface area contributed by atoms with Crippen LogP contribution in [0.3, 0.4) is 0 Å². The minimum atomic E-state index is -0.762. The Balaban J connectivity index is 2.18. The molecule has 12 heavy (non-hydrogen) atoms. The molecule has 1 aliphatic heterocycles. The zero-order chi connectivity index (χ0) is 8.55. The molecule has 3 nitrogen and oxygen atoms in total. The molecule has 0 bridgehead atoms. The number of rotatable bonds is 1. The molecule has 1 heterocycles. The lowest BCUT2D eigenvalue weighted by Crippen LogP contribution is -2.24. The van der Waals surface area contributed by atoms with Crippen LogP contribution in [-0.4, -0.2) is 23.8 Å². The third-order valence-electron chi connectivity index (χ3n) is 2.37. The maximum absolute atomic E-state index is 10.7. The van der Waals surface area contributed by atoms with Gasteiger partial charge in [0.1, 0.15) is 0 Å². The third-order valence-corrected chi connectivity index (χ3v) is 2.37. The number of hydrogen-bond donors (Lipinski definition) is 1.